The van der Waals surface area contributed by atoms with Crippen LogP contribution in [0.1, 0.15) is 12.0 Å². The van der Waals surface area contributed by atoms with Crippen LogP contribution >= 0.6 is 11.6 Å². The Morgan fingerprint density at radius 3 is 2.52 bits per heavy atom. The fraction of sp³-hybridized carbons (Fsp3) is 0.200. The van der Waals surface area contributed by atoms with E-state index < -0.39 is 10.2 Å². The summed E-state index contributed by atoms with van der Waals surface area (Å²) in [6.45, 7) is 0.486. The zero-order valence-corrected chi connectivity index (χ0v) is 12.9. The van der Waals surface area contributed by atoms with E-state index in [0.29, 0.717) is 17.3 Å². The van der Waals surface area contributed by atoms with E-state index in [1.807, 2.05) is 24.3 Å². The molecule has 1 N–H and O–H groups in total. The lowest BCUT2D eigenvalue weighted by molar-refractivity contribution is 0.592. The van der Waals surface area contributed by atoms with Crippen molar-refractivity contribution < 1.29 is 8.42 Å². The van der Waals surface area contributed by atoms with Crippen molar-refractivity contribution >= 4 is 33.2 Å². The normalized spacial score (nSPS) is 14.6. The smallest absolute Gasteiger partial charge is 0.267 e. The number of benzene rings is 2. The summed E-state index contributed by atoms with van der Waals surface area (Å²) in [6.07, 6.45) is 1.72. The van der Waals surface area contributed by atoms with E-state index in [2.05, 4.69) is 4.72 Å². The van der Waals surface area contributed by atoms with Gasteiger partial charge in [-0.25, -0.2) is 0 Å². The molecule has 6 heteroatoms. The molecule has 2 aromatic rings. The molecule has 2 aromatic carbocycles. The predicted molar refractivity (Wildman–Crippen MR) is 86.1 cm³/mol. The van der Waals surface area contributed by atoms with Crippen LogP contribution in [0, 0.1) is 0 Å². The third-order valence-electron chi connectivity index (χ3n) is 3.45. The molecule has 1 aliphatic heterocycles. The highest BCUT2D eigenvalue weighted by molar-refractivity contribution is 7.94. The number of aryl methyl sites for hydroxylation is 1. The largest absolute Gasteiger partial charge is 0.323 e. The van der Waals surface area contributed by atoms with Crippen molar-refractivity contribution in [2.45, 2.75) is 12.8 Å². The fourth-order valence-corrected chi connectivity index (χ4v) is 3.95. The van der Waals surface area contributed by atoms with Crippen molar-refractivity contribution in [3.63, 3.8) is 0 Å². The van der Waals surface area contributed by atoms with Gasteiger partial charge in [0.2, 0.25) is 0 Å². The number of rotatable bonds is 3. The van der Waals surface area contributed by atoms with Gasteiger partial charge in [0, 0.05) is 11.6 Å². The molecule has 0 unspecified atom stereocenters. The number of hydrogen-bond donors (Lipinski definition) is 1. The molecule has 4 nitrogen and oxygen atoms in total. The number of fused-ring (bicyclic) bond motifs is 1. The minimum atomic E-state index is -3.62. The van der Waals surface area contributed by atoms with Crippen LogP contribution in [0.5, 0.6) is 0 Å². The van der Waals surface area contributed by atoms with Gasteiger partial charge in [0.25, 0.3) is 0 Å². The maximum Gasteiger partial charge on any atom is 0.323 e. The molecule has 1 heterocycles. The Kier molecular flexibility index (Phi) is 3.78. The Labute approximate surface area is 129 Å². The Morgan fingerprint density at radius 2 is 1.76 bits per heavy atom. The maximum absolute atomic E-state index is 12.6. The molecule has 3 rings (SSSR count). The van der Waals surface area contributed by atoms with Gasteiger partial charge in [-0.05, 0) is 48.7 Å². The fourth-order valence-electron chi connectivity index (χ4n) is 2.47. The highest BCUT2D eigenvalue weighted by atomic mass is 35.5. The third-order valence-corrected chi connectivity index (χ3v) is 5.15. The molecule has 0 bridgehead atoms. The molecule has 0 amide bonds. The summed E-state index contributed by atoms with van der Waals surface area (Å²) in [4.78, 5) is 0. The van der Waals surface area contributed by atoms with Gasteiger partial charge in [0.1, 0.15) is 0 Å². The van der Waals surface area contributed by atoms with E-state index in [-0.39, 0.29) is 0 Å². The summed E-state index contributed by atoms with van der Waals surface area (Å²) in [5.74, 6) is 0. The van der Waals surface area contributed by atoms with E-state index >= 15 is 0 Å². The molecule has 0 atom stereocenters. The first-order valence-electron chi connectivity index (χ1n) is 6.70. The minimum absolute atomic E-state index is 0.486. The van der Waals surface area contributed by atoms with Gasteiger partial charge in [-0.15, -0.1) is 0 Å². The lowest BCUT2D eigenvalue weighted by Crippen LogP contribution is -2.39. The van der Waals surface area contributed by atoms with E-state index in [1.165, 1.54) is 4.31 Å². The van der Waals surface area contributed by atoms with Crippen molar-refractivity contribution in [2.24, 2.45) is 0 Å². The molecule has 21 heavy (non-hydrogen) atoms. The molecule has 0 saturated carbocycles. The summed E-state index contributed by atoms with van der Waals surface area (Å²) in [6, 6.07) is 14.2. The van der Waals surface area contributed by atoms with E-state index in [4.69, 9.17) is 11.6 Å². The molecular weight excluding hydrogens is 308 g/mol. The van der Waals surface area contributed by atoms with E-state index in [1.54, 1.807) is 24.3 Å². The highest BCUT2D eigenvalue weighted by Gasteiger charge is 2.27. The summed E-state index contributed by atoms with van der Waals surface area (Å²) in [5.41, 5.74) is 2.32. The Balaban J connectivity index is 1.91. The molecule has 0 spiro atoms. The minimum Gasteiger partial charge on any atom is -0.267 e. The number of halogens is 1. The SMILES string of the molecule is O=S(=O)(Nc1ccc(Cl)cc1)N1CCCc2ccccc21. The molecule has 0 aliphatic carbocycles. The van der Waals surface area contributed by atoms with Crippen LogP contribution < -0.4 is 9.03 Å². The molecule has 0 fully saturated rings. The van der Waals surface area contributed by atoms with Crippen molar-refractivity contribution in [1.29, 1.82) is 0 Å². The zero-order chi connectivity index (χ0) is 14.9. The number of nitrogens with zero attached hydrogens (tertiary/aromatic N) is 1. The lowest BCUT2D eigenvalue weighted by Gasteiger charge is -2.30. The topological polar surface area (TPSA) is 49.4 Å². The van der Waals surface area contributed by atoms with Crippen LogP contribution in [0.3, 0.4) is 0 Å². The lowest BCUT2D eigenvalue weighted by atomic mass is 10.0. The second kappa shape index (κ2) is 5.58. The average Bonchev–Trinajstić information content (AvgIpc) is 2.49. The number of anilines is 2. The Morgan fingerprint density at radius 1 is 1.05 bits per heavy atom. The van der Waals surface area contributed by atoms with E-state index in [9.17, 15) is 8.42 Å². The summed E-state index contributed by atoms with van der Waals surface area (Å²) in [7, 11) is -3.62. The van der Waals surface area contributed by atoms with E-state index in [0.717, 1.165) is 24.1 Å². The average molecular weight is 323 g/mol. The molecule has 0 aromatic heterocycles. The van der Waals surface area contributed by atoms with Crippen LogP contribution in [0.15, 0.2) is 48.5 Å². The highest BCUT2D eigenvalue weighted by Crippen LogP contribution is 2.29. The van der Waals surface area contributed by atoms with Crippen molar-refractivity contribution in [2.75, 3.05) is 15.6 Å². The van der Waals surface area contributed by atoms with Crippen LogP contribution in [-0.4, -0.2) is 15.0 Å². The molecule has 0 saturated heterocycles. The van der Waals surface area contributed by atoms with Gasteiger partial charge in [-0.2, -0.15) is 8.42 Å². The predicted octanol–water partition coefficient (Wildman–Crippen LogP) is 3.45. The second-order valence-corrected chi connectivity index (χ2v) is 6.95. The van der Waals surface area contributed by atoms with Crippen molar-refractivity contribution in [1.82, 2.24) is 0 Å². The van der Waals surface area contributed by atoms with Gasteiger partial charge in [-0.3, -0.25) is 9.03 Å². The van der Waals surface area contributed by atoms with Crippen LogP contribution in [-0.2, 0) is 16.6 Å². The number of nitrogens with one attached hydrogen (secondary N) is 1. The number of hydrogen-bond acceptors (Lipinski definition) is 2. The quantitative estimate of drug-likeness (QED) is 0.941. The van der Waals surface area contributed by atoms with Gasteiger partial charge >= 0.3 is 10.2 Å². The molecule has 1 aliphatic rings. The first-order chi connectivity index (χ1) is 10.1. The van der Waals surface area contributed by atoms with Crippen LogP contribution in [0.25, 0.3) is 0 Å². The first-order valence-corrected chi connectivity index (χ1v) is 8.52. The second-order valence-electron chi connectivity index (χ2n) is 4.92. The summed E-state index contributed by atoms with van der Waals surface area (Å²) in [5, 5.41) is 0.571. The van der Waals surface area contributed by atoms with Crippen LogP contribution in [0.2, 0.25) is 5.02 Å². The molecular formula is C15H15ClN2O2S. The van der Waals surface area contributed by atoms with Gasteiger partial charge in [-0.1, -0.05) is 29.8 Å². The first kappa shape index (κ1) is 14.2. The Hall–Kier alpha value is -1.72. The summed E-state index contributed by atoms with van der Waals surface area (Å²) >= 11 is 5.81. The summed E-state index contributed by atoms with van der Waals surface area (Å²) < 4.78 is 29.2. The van der Waals surface area contributed by atoms with Crippen molar-refractivity contribution in [3.8, 4) is 0 Å². The standard InChI is InChI=1S/C15H15ClN2O2S/c16-13-7-9-14(10-8-13)17-21(19,20)18-11-3-5-12-4-1-2-6-15(12)18/h1-2,4,6-10,17H,3,5,11H2. The van der Waals surface area contributed by atoms with Gasteiger partial charge in [0.05, 0.1) is 11.4 Å². The van der Waals surface area contributed by atoms with Crippen LogP contribution in [0.4, 0.5) is 11.4 Å². The third kappa shape index (κ3) is 2.99. The number of para-hydroxylation sites is 1. The Bertz CT molecular complexity index is 745. The van der Waals surface area contributed by atoms with Gasteiger partial charge < -0.3 is 0 Å². The van der Waals surface area contributed by atoms with Gasteiger partial charge in [0.15, 0.2) is 0 Å². The molecule has 110 valence electrons. The molecule has 0 radical (unpaired) electrons. The zero-order valence-electron chi connectivity index (χ0n) is 11.3. The van der Waals surface area contributed by atoms with Crippen molar-refractivity contribution in [3.05, 3.63) is 59.1 Å². The monoisotopic (exact) mass is 322 g/mol. The maximum atomic E-state index is 12.6.